The van der Waals surface area contributed by atoms with Crippen molar-refractivity contribution in [2.75, 3.05) is 6.54 Å². The standard InChI is InChI=1S/C12H17N3/c1-3-9-4-5-11-10(8-9)14-12(6-7-13)15(11)2/h4-5,8H,3,6-7,13H2,1-2H3. The van der Waals surface area contributed by atoms with Crippen molar-refractivity contribution in [1.29, 1.82) is 0 Å². The monoisotopic (exact) mass is 203 g/mol. The van der Waals surface area contributed by atoms with Gasteiger partial charge < -0.3 is 10.3 Å². The van der Waals surface area contributed by atoms with Gasteiger partial charge in [0.15, 0.2) is 0 Å². The Kier molecular flexibility index (Phi) is 2.73. The first-order valence-electron chi connectivity index (χ1n) is 5.40. The van der Waals surface area contributed by atoms with E-state index in [1.54, 1.807) is 0 Å². The highest BCUT2D eigenvalue weighted by Gasteiger charge is 2.06. The Labute approximate surface area is 89.9 Å². The average molecular weight is 203 g/mol. The summed E-state index contributed by atoms with van der Waals surface area (Å²) in [6.45, 7) is 2.81. The van der Waals surface area contributed by atoms with Gasteiger partial charge in [0.2, 0.25) is 0 Å². The maximum Gasteiger partial charge on any atom is 0.110 e. The van der Waals surface area contributed by atoms with Crippen molar-refractivity contribution in [3.63, 3.8) is 0 Å². The topological polar surface area (TPSA) is 43.8 Å². The molecule has 0 saturated carbocycles. The zero-order valence-corrected chi connectivity index (χ0v) is 9.33. The highest BCUT2D eigenvalue weighted by molar-refractivity contribution is 5.76. The SMILES string of the molecule is CCc1ccc2c(c1)nc(CCN)n2C. The molecule has 0 bridgehead atoms. The zero-order chi connectivity index (χ0) is 10.8. The number of benzene rings is 1. The minimum atomic E-state index is 0.651. The Balaban J connectivity index is 2.55. The molecule has 2 N–H and O–H groups in total. The number of aryl methyl sites for hydroxylation is 2. The molecule has 2 rings (SSSR count). The Morgan fingerprint density at radius 2 is 2.20 bits per heavy atom. The molecule has 2 aromatic rings. The molecular weight excluding hydrogens is 186 g/mol. The molecule has 1 heterocycles. The summed E-state index contributed by atoms with van der Waals surface area (Å²) >= 11 is 0. The smallest absolute Gasteiger partial charge is 0.110 e. The Hall–Kier alpha value is -1.35. The van der Waals surface area contributed by atoms with Gasteiger partial charge in [0.05, 0.1) is 11.0 Å². The second-order valence-corrected chi connectivity index (χ2v) is 3.80. The first kappa shape index (κ1) is 10.2. The molecule has 0 saturated heterocycles. The van der Waals surface area contributed by atoms with Crippen LogP contribution < -0.4 is 5.73 Å². The van der Waals surface area contributed by atoms with Gasteiger partial charge in [-0.2, -0.15) is 0 Å². The lowest BCUT2D eigenvalue weighted by Gasteiger charge is -2.00. The molecule has 80 valence electrons. The molecule has 0 fully saturated rings. The highest BCUT2D eigenvalue weighted by Crippen LogP contribution is 2.17. The van der Waals surface area contributed by atoms with Crippen LogP contribution in [0, 0.1) is 0 Å². The predicted molar refractivity (Wildman–Crippen MR) is 62.9 cm³/mol. The van der Waals surface area contributed by atoms with Crippen molar-refractivity contribution in [3.8, 4) is 0 Å². The van der Waals surface area contributed by atoms with Gasteiger partial charge in [-0.3, -0.25) is 0 Å². The van der Waals surface area contributed by atoms with Gasteiger partial charge >= 0.3 is 0 Å². The Bertz CT molecular complexity index is 471. The number of nitrogens with zero attached hydrogens (tertiary/aromatic N) is 2. The summed E-state index contributed by atoms with van der Waals surface area (Å²) in [6, 6.07) is 6.47. The number of hydrogen-bond acceptors (Lipinski definition) is 2. The van der Waals surface area contributed by atoms with Gasteiger partial charge in [-0.1, -0.05) is 13.0 Å². The Morgan fingerprint density at radius 1 is 1.40 bits per heavy atom. The van der Waals surface area contributed by atoms with Gasteiger partial charge in [0.25, 0.3) is 0 Å². The van der Waals surface area contributed by atoms with Gasteiger partial charge in [0, 0.05) is 13.5 Å². The fraction of sp³-hybridized carbons (Fsp3) is 0.417. The number of nitrogens with two attached hydrogens (primary N) is 1. The average Bonchev–Trinajstić information content (AvgIpc) is 2.56. The summed E-state index contributed by atoms with van der Waals surface area (Å²) in [5.41, 5.74) is 9.16. The van der Waals surface area contributed by atoms with E-state index in [1.807, 2.05) is 7.05 Å². The fourth-order valence-corrected chi connectivity index (χ4v) is 1.87. The largest absolute Gasteiger partial charge is 0.331 e. The fourth-order valence-electron chi connectivity index (χ4n) is 1.87. The van der Waals surface area contributed by atoms with Crippen LogP contribution in [-0.4, -0.2) is 16.1 Å². The van der Waals surface area contributed by atoms with Crippen molar-refractivity contribution < 1.29 is 0 Å². The van der Waals surface area contributed by atoms with Crippen LogP contribution in [-0.2, 0) is 19.9 Å². The van der Waals surface area contributed by atoms with Crippen LogP contribution in [0.3, 0.4) is 0 Å². The van der Waals surface area contributed by atoms with E-state index in [2.05, 4.69) is 34.7 Å². The van der Waals surface area contributed by atoms with Crippen LogP contribution in [0.15, 0.2) is 18.2 Å². The lowest BCUT2D eigenvalue weighted by molar-refractivity contribution is 0.794. The molecule has 0 aliphatic rings. The minimum Gasteiger partial charge on any atom is -0.331 e. The van der Waals surface area contributed by atoms with Gasteiger partial charge in [0.1, 0.15) is 5.82 Å². The van der Waals surface area contributed by atoms with E-state index in [1.165, 1.54) is 11.1 Å². The van der Waals surface area contributed by atoms with Crippen LogP contribution in [0.4, 0.5) is 0 Å². The van der Waals surface area contributed by atoms with Crippen LogP contribution in [0.1, 0.15) is 18.3 Å². The molecular formula is C12H17N3. The van der Waals surface area contributed by atoms with Gasteiger partial charge in [-0.15, -0.1) is 0 Å². The molecule has 0 atom stereocenters. The lowest BCUT2D eigenvalue weighted by atomic mass is 10.1. The summed E-state index contributed by atoms with van der Waals surface area (Å²) in [5.74, 6) is 1.07. The zero-order valence-electron chi connectivity index (χ0n) is 9.33. The first-order valence-corrected chi connectivity index (χ1v) is 5.40. The maximum absolute atomic E-state index is 5.55. The molecule has 0 amide bonds. The molecule has 0 aliphatic heterocycles. The molecule has 3 heteroatoms. The summed E-state index contributed by atoms with van der Waals surface area (Å²) < 4.78 is 2.13. The number of aromatic nitrogens is 2. The van der Waals surface area contributed by atoms with Gasteiger partial charge in [-0.25, -0.2) is 4.98 Å². The molecule has 3 nitrogen and oxygen atoms in total. The number of rotatable bonds is 3. The van der Waals surface area contributed by atoms with E-state index >= 15 is 0 Å². The van der Waals surface area contributed by atoms with Crippen LogP contribution in [0.5, 0.6) is 0 Å². The van der Waals surface area contributed by atoms with E-state index in [4.69, 9.17) is 5.73 Å². The highest BCUT2D eigenvalue weighted by atomic mass is 15.1. The second kappa shape index (κ2) is 4.03. The predicted octanol–water partition coefficient (Wildman–Crippen LogP) is 1.64. The van der Waals surface area contributed by atoms with Gasteiger partial charge in [-0.05, 0) is 30.7 Å². The van der Waals surface area contributed by atoms with Crippen molar-refractivity contribution in [3.05, 3.63) is 29.6 Å². The normalized spacial score (nSPS) is 11.1. The molecule has 0 radical (unpaired) electrons. The molecule has 0 spiro atoms. The van der Waals surface area contributed by atoms with E-state index in [9.17, 15) is 0 Å². The van der Waals surface area contributed by atoms with Crippen LogP contribution in [0.25, 0.3) is 11.0 Å². The summed E-state index contributed by atoms with van der Waals surface area (Å²) in [7, 11) is 2.05. The van der Waals surface area contributed by atoms with Crippen molar-refractivity contribution in [1.82, 2.24) is 9.55 Å². The maximum atomic E-state index is 5.55. The molecule has 1 aromatic heterocycles. The summed E-state index contributed by atoms with van der Waals surface area (Å²) in [4.78, 5) is 4.59. The number of imidazole rings is 1. The molecule has 1 aromatic carbocycles. The lowest BCUT2D eigenvalue weighted by Crippen LogP contribution is -2.07. The van der Waals surface area contributed by atoms with Crippen LogP contribution >= 0.6 is 0 Å². The summed E-state index contributed by atoms with van der Waals surface area (Å²) in [6.07, 6.45) is 1.89. The van der Waals surface area contributed by atoms with Crippen molar-refractivity contribution >= 4 is 11.0 Å². The van der Waals surface area contributed by atoms with Crippen molar-refractivity contribution in [2.45, 2.75) is 19.8 Å². The van der Waals surface area contributed by atoms with E-state index < -0.39 is 0 Å². The third kappa shape index (κ3) is 1.75. The van der Waals surface area contributed by atoms with E-state index in [0.717, 1.165) is 24.2 Å². The summed E-state index contributed by atoms with van der Waals surface area (Å²) in [5, 5.41) is 0. The molecule has 15 heavy (non-hydrogen) atoms. The van der Waals surface area contributed by atoms with E-state index in [-0.39, 0.29) is 0 Å². The third-order valence-electron chi connectivity index (χ3n) is 2.81. The Morgan fingerprint density at radius 3 is 2.87 bits per heavy atom. The van der Waals surface area contributed by atoms with Crippen LogP contribution in [0.2, 0.25) is 0 Å². The van der Waals surface area contributed by atoms with E-state index in [0.29, 0.717) is 6.54 Å². The molecule has 0 unspecified atom stereocenters. The second-order valence-electron chi connectivity index (χ2n) is 3.80. The number of fused-ring (bicyclic) bond motifs is 1. The van der Waals surface area contributed by atoms with Crippen molar-refractivity contribution in [2.24, 2.45) is 12.8 Å². The molecule has 0 aliphatic carbocycles. The first-order chi connectivity index (χ1) is 7.26. The number of hydrogen-bond donors (Lipinski definition) is 1. The minimum absolute atomic E-state index is 0.651. The quantitative estimate of drug-likeness (QED) is 0.824. The third-order valence-corrected chi connectivity index (χ3v) is 2.81.